The summed E-state index contributed by atoms with van der Waals surface area (Å²) in [7, 11) is 0. The Bertz CT molecular complexity index is 504. The number of rotatable bonds is 1. The van der Waals surface area contributed by atoms with Crippen LogP contribution in [0.3, 0.4) is 0 Å². The lowest BCUT2D eigenvalue weighted by molar-refractivity contribution is 0.590. The van der Waals surface area contributed by atoms with Crippen LogP contribution < -0.4 is 0 Å². The number of nitrogens with zero attached hydrogens (tertiary/aromatic N) is 1. The summed E-state index contributed by atoms with van der Waals surface area (Å²) in [4.78, 5) is 4.54. The van der Waals surface area contributed by atoms with Crippen molar-refractivity contribution >= 4 is 0 Å². The molecule has 0 N–H and O–H groups in total. The molecule has 0 aliphatic carbocycles. The predicted octanol–water partition coefficient (Wildman–Crippen LogP) is 4.35. The first-order valence-electron chi connectivity index (χ1n) is 6.01. The topological polar surface area (TPSA) is 12.9 Å². The zero-order chi connectivity index (χ0) is 12.5. The maximum atomic E-state index is 4.54. The van der Waals surface area contributed by atoms with Crippen molar-refractivity contribution in [1.82, 2.24) is 4.98 Å². The summed E-state index contributed by atoms with van der Waals surface area (Å²) in [5.41, 5.74) is 4.85. The molecule has 17 heavy (non-hydrogen) atoms. The Hall–Kier alpha value is -1.63. The minimum Gasteiger partial charge on any atom is -0.253 e. The molecule has 1 aromatic carbocycles. The number of benzene rings is 1. The van der Waals surface area contributed by atoms with E-state index in [2.05, 4.69) is 62.2 Å². The van der Waals surface area contributed by atoms with Crippen LogP contribution in [-0.2, 0) is 5.41 Å². The third-order valence-electron chi connectivity index (χ3n) is 2.94. The Morgan fingerprint density at radius 1 is 0.882 bits per heavy atom. The van der Waals surface area contributed by atoms with E-state index in [1.54, 1.807) is 0 Å². The van der Waals surface area contributed by atoms with Gasteiger partial charge in [-0.2, -0.15) is 0 Å². The van der Waals surface area contributed by atoms with Gasteiger partial charge < -0.3 is 0 Å². The zero-order valence-corrected chi connectivity index (χ0v) is 11.0. The molecule has 1 heteroatoms. The Balaban J connectivity index is 2.36. The Kier molecular flexibility index (Phi) is 3.01. The van der Waals surface area contributed by atoms with Crippen LogP contribution >= 0.6 is 0 Å². The van der Waals surface area contributed by atoms with Crippen molar-refractivity contribution in [3.05, 3.63) is 53.7 Å². The number of hydrogen-bond donors (Lipinski definition) is 0. The van der Waals surface area contributed by atoms with Crippen LogP contribution in [0.15, 0.2) is 42.5 Å². The van der Waals surface area contributed by atoms with Crippen LogP contribution in [0.1, 0.15) is 32.0 Å². The van der Waals surface area contributed by atoms with Crippen LogP contribution in [0.2, 0.25) is 0 Å². The van der Waals surface area contributed by atoms with Crippen LogP contribution in [0.25, 0.3) is 11.3 Å². The first-order chi connectivity index (χ1) is 7.97. The second-order valence-electron chi connectivity index (χ2n) is 5.49. The lowest BCUT2D eigenvalue weighted by Gasteiger charge is -2.19. The smallest absolute Gasteiger partial charge is 0.0705 e. The molecule has 0 saturated carbocycles. The van der Waals surface area contributed by atoms with Crippen molar-refractivity contribution in [2.45, 2.75) is 33.1 Å². The van der Waals surface area contributed by atoms with Gasteiger partial charge in [0.05, 0.1) is 5.69 Å². The summed E-state index contributed by atoms with van der Waals surface area (Å²) in [5.74, 6) is 0. The van der Waals surface area contributed by atoms with Gasteiger partial charge in [0.15, 0.2) is 0 Å². The molecule has 1 heterocycles. The first-order valence-corrected chi connectivity index (χ1v) is 6.01. The van der Waals surface area contributed by atoms with Crippen molar-refractivity contribution < 1.29 is 0 Å². The maximum Gasteiger partial charge on any atom is 0.0705 e. The van der Waals surface area contributed by atoms with Crippen molar-refractivity contribution in [3.63, 3.8) is 0 Å². The standard InChI is InChI=1S/C16H19N/c1-12-6-5-7-15(17-12)13-8-10-14(11-9-13)16(2,3)4/h5-11H,1-4H3. The number of pyridine rings is 1. The molecule has 1 nitrogen and oxygen atoms in total. The van der Waals surface area contributed by atoms with Gasteiger partial charge >= 0.3 is 0 Å². The summed E-state index contributed by atoms with van der Waals surface area (Å²) in [6, 6.07) is 14.8. The van der Waals surface area contributed by atoms with Gasteiger partial charge in [0.1, 0.15) is 0 Å². The lowest BCUT2D eigenvalue weighted by atomic mass is 9.86. The highest BCUT2D eigenvalue weighted by Crippen LogP contribution is 2.25. The molecule has 0 bridgehead atoms. The SMILES string of the molecule is Cc1cccc(-c2ccc(C(C)(C)C)cc2)n1. The van der Waals surface area contributed by atoms with Gasteiger partial charge in [-0.15, -0.1) is 0 Å². The molecule has 0 atom stereocenters. The molecular weight excluding hydrogens is 206 g/mol. The average Bonchev–Trinajstić information content (AvgIpc) is 2.28. The molecule has 1 aromatic heterocycles. The van der Waals surface area contributed by atoms with Crippen LogP contribution in [0, 0.1) is 6.92 Å². The molecule has 0 spiro atoms. The molecule has 0 fully saturated rings. The van der Waals surface area contributed by atoms with E-state index < -0.39 is 0 Å². The van der Waals surface area contributed by atoms with E-state index in [0.717, 1.165) is 11.4 Å². The Labute approximate surface area is 104 Å². The van der Waals surface area contributed by atoms with Crippen molar-refractivity contribution in [2.75, 3.05) is 0 Å². The summed E-state index contributed by atoms with van der Waals surface area (Å²) < 4.78 is 0. The fraction of sp³-hybridized carbons (Fsp3) is 0.312. The van der Waals surface area contributed by atoms with E-state index >= 15 is 0 Å². The fourth-order valence-corrected chi connectivity index (χ4v) is 1.84. The molecular formula is C16H19N. The fourth-order valence-electron chi connectivity index (χ4n) is 1.84. The number of hydrogen-bond acceptors (Lipinski definition) is 1. The molecule has 0 unspecified atom stereocenters. The molecule has 2 rings (SSSR count). The average molecular weight is 225 g/mol. The highest BCUT2D eigenvalue weighted by molar-refractivity contribution is 5.59. The van der Waals surface area contributed by atoms with E-state index in [1.165, 1.54) is 11.1 Å². The van der Waals surface area contributed by atoms with Crippen LogP contribution in [-0.4, -0.2) is 4.98 Å². The second kappa shape index (κ2) is 4.33. The molecule has 0 aliphatic rings. The van der Waals surface area contributed by atoms with Crippen molar-refractivity contribution in [2.24, 2.45) is 0 Å². The van der Waals surface area contributed by atoms with Gasteiger partial charge in [0, 0.05) is 11.3 Å². The van der Waals surface area contributed by atoms with Crippen molar-refractivity contribution in [3.8, 4) is 11.3 Å². The van der Waals surface area contributed by atoms with Gasteiger partial charge in [-0.3, -0.25) is 4.98 Å². The van der Waals surface area contributed by atoms with Crippen LogP contribution in [0.5, 0.6) is 0 Å². The summed E-state index contributed by atoms with van der Waals surface area (Å²) in [6.45, 7) is 8.71. The Morgan fingerprint density at radius 3 is 2.06 bits per heavy atom. The first kappa shape index (κ1) is 11.8. The van der Waals surface area contributed by atoms with Crippen LogP contribution in [0.4, 0.5) is 0 Å². The predicted molar refractivity (Wildman–Crippen MR) is 73.1 cm³/mol. The molecule has 0 aliphatic heterocycles. The summed E-state index contributed by atoms with van der Waals surface area (Å²) >= 11 is 0. The van der Waals surface area contributed by atoms with Gasteiger partial charge in [-0.25, -0.2) is 0 Å². The summed E-state index contributed by atoms with van der Waals surface area (Å²) in [6.07, 6.45) is 0. The molecule has 0 radical (unpaired) electrons. The van der Waals surface area contributed by atoms with Gasteiger partial charge in [-0.05, 0) is 30.0 Å². The van der Waals surface area contributed by atoms with E-state index in [1.807, 2.05) is 13.0 Å². The van der Waals surface area contributed by atoms with Gasteiger partial charge in [0.2, 0.25) is 0 Å². The van der Waals surface area contributed by atoms with E-state index in [-0.39, 0.29) is 5.41 Å². The lowest BCUT2D eigenvalue weighted by Crippen LogP contribution is -2.10. The monoisotopic (exact) mass is 225 g/mol. The Morgan fingerprint density at radius 2 is 1.53 bits per heavy atom. The summed E-state index contributed by atoms with van der Waals surface area (Å²) in [5, 5.41) is 0. The highest BCUT2D eigenvalue weighted by atomic mass is 14.7. The minimum atomic E-state index is 0.207. The quantitative estimate of drug-likeness (QED) is 0.703. The molecule has 88 valence electrons. The molecule has 2 aromatic rings. The third kappa shape index (κ3) is 2.73. The highest BCUT2D eigenvalue weighted by Gasteiger charge is 2.13. The van der Waals surface area contributed by atoms with E-state index in [4.69, 9.17) is 0 Å². The zero-order valence-electron chi connectivity index (χ0n) is 11.0. The number of aromatic nitrogens is 1. The molecule has 0 saturated heterocycles. The number of aryl methyl sites for hydroxylation is 1. The van der Waals surface area contributed by atoms with Gasteiger partial charge in [0.25, 0.3) is 0 Å². The van der Waals surface area contributed by atoms with Gasteiger partial charge in [-0.1, -0.05) is 51.1 Å². The third-order valence-corrected chi connectivity index (χ3v) is 2.94. The second-order valence-corrected chi connectivity index (χ2v) is 5.49. The largest absolute Gasteiger partial charge is 0.253 e. The van der Waals surface area contributed by atoms with E-state index in [0.29, 0.717) is 0 Å². The van der Waals surface area contributed by atoms with Crippen molar-refractivity contribution in [1.29, 1.82) is 0 Å². The normalized spacial score (nSPS) is 11.5. The van der Waals surface area contributed by atoms with E-state index in [9.17, 15) is 0 Å². The maximum absolute atomic E-state index is 4.54. The molecule has 0 amide bonds. The minimum absolute atomic E-state index is 0.207.